The van der Waals surface area contributed by atoms with Crippen LogP contribution in [0.15, 0.2) is 60.7 Å². The van der Waals surface area contributed by atoms with Crippen LogP contribution in [-0.2, 0) is 27.5 Å². The Balaban J connectivity index is 1.83. The summed E-state index contributed by atoms with van der Waals surface area (Å²) in [6.45, 7) is 3.04. The lowest BCUT2D eigenvalue weighted by Gasteiger charge is -2.41. The first-order valence-electron chi connectivity index (χ1n) is 11.4. The van der Waals surface area contributed by atoms with E-state index in [0.717, 1.165) is 11.1 Å². The van der Waals surface area contributed by atoms with E-state index >= 15 is 0 Å². The second kappa shape index (κ2) is 12.4. The molecule has 1 unspecified atom stereocenters. The summed E-state index contributed by atoms with van der Waals surface area (Å²) >= 11 is 0. The second-order valence-corrected chi connectivity index (χ2v) is 8.43. The average molecular weight is 475 g/mol. The minimum atomic E-state index is -2.42. The molecule has 0 aromatic heterocycles. The van der Waals surface area contributed by atoms with Gasteiger partial charge in [-0.25, -0.2) is 0 Å². The van der Waals surface area contributed by atoms with Crippen molar-refractivity contribution in [3.8, 4) is 0 Å². The molecule has 3 rings (SSSR count). The van der Waals surface area contributed by atoms with Crippen LogP contribution in [0.3, 0.4) is 0 Å². The third-order valence-corrected chi connectivity index (χ3v) is 5.91. The molecule has 5 atom stereocenters. The van der Waals surface area contributed by atoms with Crippen LogP contribution in [0.5, 0.6) is 0 Å². The topological polar surface area (TPSA) is 132 Å². The summed E-state index contributed by atoms with van der Waals surface area (Å²) in [5, 5.41) is 46.8. The molecule has 0 aliphatic carbocycles. The summed E-state index contributed by atoms with van der Waals surface area (Å²) in [5.74, 6) is -3.10. The Kier molecular flexibility index (Phi) is 9.54. The molecule has 5 N–H and O–H groups in total. The van der Waals surface area contributed by atoms with Gasteiger partial charge in [-0.05, 0) is 18.1 Å². The molecule has 1 aliphatic heterocycles. The highest BCUT2D eigenvalue weighted by Gasteiger charge is 2.51. The van der Waals surface area contributed by atoms with Gasteiger partial charge in [-0.3, -0.25) is 4.79 Å². The first-order chi connectivity index (χ1) is 16.3. The fraction of sp³-hybridized carbons (Fsp3) is 0.480. The number of carbonyl (C=O) groups excluding carboxylic acids is 1. The summed E-state index contributed by atoms with van der Waals surface area (Å²) in [6, 6.07) is 18.0. The van der Waals surface area contributed by atoms with Gasteiger partial charge in [0, 0.05) is 26.2 Å². The molecular formula is C25H34N2O7. The van der Waals surface area contributed by atoms with Crippen molar-refractivity contribution < 1.29 is 34.7 Å². The normalized spacial score (nSPS) is 19.6. The molecule has 9 nitrogen and oxygen atoms in total. The van der Waals surface area contributed by atoms with Crippen molar-refractivity contribution in [2.45, 2.75) is 50.3 Å². The average Bonchev–Trinajstić information content (AvgIpc) is 2.88. The van der Waals surface area contributed by atoms with Gasteiger partial charge in [0.05, 0.1) is 13.2 Å². The van der Waals surface area contributed by atoms with Crippen molar-refractivity contribution in [1.82, 2.24) is 10.2 Å². The summed E-state index contributed by atoms with van der Waals surface area (Å²) in [6.07, 6.45) is -6.92. The van der Waals surface area contributed by atoms with Gasteiger partial charge in [-0.2, -0.15) is 0 Å². The van der Waals surface area contributed by atoms with E-state index < -0.39 is 36.1 Å². The predicted molar refractivity (Wildman–Crippen MR) is 124 cm³/mol. The summed E-state index contributed by atoms with van der Waals surface area (Å²) in [4.78, 5) is 14.3. The van der Waals surface area contributed by atoms with Crippen molar-refractivity contribution in [3.05, 3.63) is 71.8 Å². The first-order valence-corrected chi connectivity index (χ1v) is 11.4. The number of nitrogens with one attached hydrogen (secondary N) is 1. The number of hydrogen-bond acceptors (Lipinski definition) is 8. The van der Waals surface area contributed by atoms with E-state index in [2.05, 4.69) is 5.32 Å². The third-order valence-electron chi connectivity index (χ3n) is 5.91. The Morgan fingerprint density at radius 1 is 0.971 bits per heavy atom. The summed E-state index contributed by atoms with van der Waals surface area (Å²) in [5.41, 5.74) is 1.45. The molecule has 1 heterocycles. The molecule has 0 saturated carbocycles. The van der Waals surface area contributed by atoms with Gasteiger partial charge in [-0.1, -0.05) is 60.7 Å². The van der Waals surface area contributed by atoms with Crippen LogP contribution in [0.1, 0.15) is 18.1 Å². The van der Waals surface area contributed by atoms with Gasteiger partial charge in [0.25, 0.3) is 5.91 Å². The minimum absolute atomic E-state index is 0.0547. The standard InChI is InChI=1S/C25H34N2O7/c1-18(28)25(32,34-17-20-10-6-3-7-11-20)23(33-16-19-8-4-2-5-9-19)21(29)22(30)24(31)27-14-12-26-13-15-27/h2-11,18,21-23,26,28-30,32H,12-17H2,1H3/t18-,21-,22-,23+,25?/m1/s1. The molecule has 0 bridgehead atoms. The fourth-order valence-electron chi connectivity index (χ4n) is 3.82. The van der Waals surface area contributed by atoms with E-state index in [1.165, 1.54) is 11.8 Å². The zero-order valence-electron chi connectivity index (χ0n) is 19.3. The van der Waals surface area contributed by atoms with Crippen molar-refractivity contribution in [1.29, 1.82) is 0 Å². The third kappa shape index (κ3) is 6.61. The number of benzene rings is 2. The highest BCUT2D eigenvalue weighted by Crippen LogP contribution is 2.28. The van der Waals surface area contributed by atoms with Crippen LogP contribution in [-0.4, -0.2) is 87.6 Å². The molecule has 0 spiro atoms. The second-order valence-electron chi connectivity index (χ2n) is 8.43. The van der Waals surface area contributed by atoms with Crippen molar-refractivity contribution >= 4 is 5.91 Å². The van der Waals surface area contributed by atoms with E-state index in [4.69, 9.17) is 9.47 Å². The number of piperazine rings is 1. The Bertz CT molecular complexity index is 877. The van der Waals surface area contributed by atoms with Crippen molar-refractivity contribution in [2.75, 3.05) is 26.2 Å². The molecule has 1 aliphatic rings. The Hall–Kier alpha value is -2.37. The van der Waals surface area contributed by atoms with Gasteiger partial charge >= 0.3 is 0 Å². The Labute approximate surface area is 199 Å². The van der Waals surface area contributed by atoms with E-state index in [1.54, 1.807) is 48.5 Å². The van der Waals surface area contributed by atoms with E-state index in [-0.39, 0.29) is 13.2 Å². The molecule has 34 heavy (non-hydrogen) atoms. The molecular weight excluding hydrogens is 440 g/mol. The number of amides is 1. The quantitative estimate of drug-likeness (QED) is 0.288. The molecule has 2 aromatic rings. The number of ether oxygens (including phenoxy) is 2. The number of aliphatic hydroxyl groups excluding tert-OH is 3. The molecule has 186 valence electrons. The van der Waals surface area contributed by atoms with Crippen LogP contribution in [0.2, 0.25) is 0 Å². The SMILES string of the molecule is C[C@@H](O)C(O)(OCc1ccccc1)[C@@H](OCc1ccccc1)[C@H](O)[C@@H](O)C(=O)N1CCNCC1. The molecule has 9 heteroatoms. The number of hydrogen-bond donors (Lipinski definition) is 5. The van der Waals surface area contributed by atoms with Crippen LogP contribution in [0.25, 0.3) is 0 Å². The zero-order valence-corrected chi connectivity index (χ0v) is 19.3. The van der Waals surface area contributed by atoms with Crippen molar-refractivity contribution in [3.63, 3.8) is 0 Å². The molecule has 1 saturated heterocycles. The van der Waals surface area contributed by atoms with Gasteiger partial charge in [0.15, 0.2) is 6.10 Å². The monoisotopic (exact) mass is 474 g/mol. The molecule has 0 radical (unpaired) electrons. The van der Waals surface area contributed by atoms with E-state index in [9.17, 15) is 25.2 Å². The van der Waals surface area contributed by atoms with Crippen LogP contribution in [0, 0.1) is 0 Å². The lowest BCUT2D eigenvalue weighted by molar-refractivity contribution is -0.330. The van der Waals surface area contributed by atoms with Gasteiger partial charge < -0.3 is 40.1 Å². The maximum atomic E-state index is 12.8. The van der Waals surface area contributed by atoms with Crippen LogP contribution < -0.4 is 5.32 Å². The van der Waals surface area contributed by atoms with Crippen LogP contribution >= 0.6 is 0 Å². The summed E-state index contributed by atoms with van der Waals surface area (Å²) in [7, 11) is 0. The number of aliphatic hydroxyl groups is 4. The highest BCUT2D eigenvalue weighted by molar-refractivity contribution is 5.81. The van der Waals surface area contributed by atoms with Crippen molar-refractivity contribution in [2.24, 2.45) is 0 Å². The first kappa shape index (κ1) is 26.2. The smallest absolute Gasteiger partial charge is 0.254 e. The zero-order chi connectivity index (χ0) is 24.6. The van der Waals surface area contributed by atoms with Gasteiger partial charge in [-0.15, -0.1) is 0 Å². The lowest BCUT2D eigenvalue weighted by atomic mass is 9.94. The molecule has 1 fully saturated rings. The minimum Gasteiger partial charge on any atom is -0.388 e. The number of nitrogens with zero attached hydrogens (tertiary/aromatic N) is 1. The van der Waals surface area contributed by atoms with E-state index in [0.29, 0.717) is 26.2 Å². The van der Waals surface area contributed by atoms with E-state index in [1.807, 2.05) is 12.1 Å². The molecule has 2 aromatic carbocycles. The maximum absolute atomic E-state index is 12.8. The maximum Gasteiger partial charge on any atom is 0.254 e. The van der Waals surface area contributed by atoms with Gasteiger partial charge in [0.2, 0.25) is 5.79 Å². The number of rotatable bonds is 11. The largest absolute Gasteiger partial charge is 0.388 e. The Morgan fingerprint density at radius 3 is 2.03 bits per heavy atom. The Morgan fingerprint density at radius 2 is 1.50 bits per heavy atom. The lowest BCUT2D eigenvalue weighted by Crippen LogP contribution is -2.63. The molecule has 1 amide bonds. The predicted octanol–water partition coefficient (Wildman–Crippen LogP) is 0.0116. The number of carbonyl (C=O) groups is 1. The fourth-order valence-corrected chi connectivity index (χ4v) is 3.82. The van der Waals surface area contributed by atoms with Crippen LogP contribution in [0.4, 0.5) is 0 Å². The van der Waals surface area contributed by atoms with Gasteiger partial charge in [0.1, 0.15) is 18.3 Å². The summed E-state index contributed by atoms with van der Waals surface area (Å²) < 4.78 is 11.5. The highest BCUT2D eigenvalue weighted by atomic mass is 16.7.